The van der Waals surface area contributed by atoms with E-state index in [-0.39, 0.29) is 29.7 Å². The molecular weight excluding hydrogens is 450 g/mol. The molecule has 3 aromatic rings. The van der Waals surface area contributed by atoms with Crippen molar-refractivity contribution in [2.45, 2.75) is 62.8 Å². The minimum absolute atomic E-state index is 0.119. The summed E-state index contributed by atoms with van der Waals surface area (Å²) >= 11 is 0. The summed E-state index contributed by atoms with van der Waals surface area (Å²) in [6.45, 7) is 0. The fourth-order valence-electron chi connectivity index (χ4n) is 4.85. The van der Waals surface area contributed by atoms with Crippen LogP contribution in [0.4, 0.5) is 17.3 Å². The molecule has 4 N–H and O–H groups in total. The number of aromatic nitrogens is 4. The first-order chi connectivity index (χ1) is 17.0. The van der Waals surface area contributed by atoms with Gasteiger partial charge in [0.05, 0.1) is 24.4 Å². The van der Waals surface area contributed by atoms with Crippen molar-refractivity contribution in [1.29, 1.82) is 0 Å². The van der Waals surface area contributed by atoms with Gasteiger partial charge >= 0.3 is 0 Å². The summed E-state index contributed by atoms with van der Waals surface area (Å²) in [6.07, 6.45) is 8.07. The molecule has 0 radical (unpaired) electrons. The zero-order valence-electron chi connectivity index (χ0n) is 19.9. The Hall–Kier alpha value is -3.44. The van der Waals surface area contributed by atoms with E-state index in [1.807, 2.05) is 12.3 Å². The van der Waals surface area contributed by atoms with Crippen LogP contribution in [0.25, 0.3) is 5.65 Å². The van der Waals surface area contributed by atoms with Gasteiger partial charge < -0.3 is 30.4 Å². The van der Waals surface area contributed by atoms with Crippen LogP contribution in [0.3, 0.4) is 0 Å². The molecule has 11 nitrogen and oxygen atoms in total. The molecule has 0 aromatic carbocycles. The highest BCUT2D eigenvalue weighted by atomic mass is 16.5. The summed E-state index contributed by atoms with van der Waals surface area (Å²) in [4.78, 5) is 30.7. The van der Waals surface area contributed by atoms with Gasteiger partial charge in [0.15, 0.2) is 5.65 Å². The van der Waals surface area contributed by atoms with Crippen LogP contribution in [-0.4, -0.2) is 62.6 Å². The van der Waals surface area contributed by atoms with Gasteiger partial charge in [0, 0.05) is 32.5 Å². The van der Waals surface area contributed by atoms with Gasteiger partial charge in [-0.25, -0.2) is 4.98 Å². The van der Waals surface area contributed by atoms with E-state index in [9.17, 15) is 14.7 Å². The van der Waals surface area contributed by atoms with Crippen LogP contribution in [0, 0.1) is 0 Å². The monoisotopic (exact) mass is 481 g/mol. The van der Waals surface area contributed by atoms with Crippen molar-refractivity contribution in [2.75, 3.05) is 24.8 Å². The van der Waals surface area contributed by atoms with Crippen molar-refractivity contribution in [3.8, 4) is 0 Å². The third-order valence-corrected chi connectivity index (χ3v) is 7.13. The molecular formula is C24H31N7O4. The number of amides is 1. The van der Waals surface area contributed by atoms with Crippen LogP contribution in [0.15, 0.2) is 35.4 Å². The lowest BCUT2D eigenvalue weighted by atomic mass is 9.89. The van der Waals surface area contributed by atoms with E-state index in [1.165, 1.54) is 10.7 Å². The second-order valence-corrected chi connectivity index (χ2v) is 9.22. The number of anilines is 3. The maximum absolute atomic E-state index is 13.3. The van der Waals surface area contributed by atoms with E-state index >= 15 is 0 Å². The number of ether oxygens (including phenoxy) is 1. The molecule has 0 unspecified atom stereocenters. The van der Waals surface area contributed by atoms with Crippen molar-refractivity contribution >= 4 is 28.9 Å². The Balaban J connectivity index is 1.42. The summed E-state index contributed by atoms with van der Waals surface area (Å²) in [6, 6.07) is 5.19. The highest BCUT2D eigenvalue weighted by Gasteiger charge is 2.31. The number of aliphatic hydroxyl groups excluding tert-OH is 1. The second kappa shape index (κ2) is 9.67. The topological polar surface area (TPSA) is 135 Å². The van der Waals surface area contributed by atoms with E-state index in [4.69, 9.17) is 4.74 Å². The molecule has 2 aliphatic rings. The number of rotatable bonds is 7. The number of carbonyl (C=O) groups is 1. The minimum Gasteiger partial charge on any atom is -0.391 e. The van der Waals surface area contributed by atoms with E-state index in [2.05, 4.69) is 26.0 Å². The lowest BCUT2D eigenvalue weighted by molar-refractivity contribution is 0.0448. The zero-order valence-corrected chi connectivity index (χ0v) is 19.9. The third kappa shape index (κ3) is 4.48. The van der Waals surface area contributed by atoms with E-state index < -0.39 is 6.10 Å². The number of hydrogen-bond donors (Lipinski definition) is 4. The summed E-state index contributed by atoms with van der Waals surface area (Å²) in [5, 5.41) is 23.2. The van der Waals surface area contributed by atoms with Gasteiger partial charge in [-0.3, -0.25) is 9.59 Å². The molecule has 186 valence electrons. The lowest BCUT2D eigenvalue weighted by Gasteiger charge is -2.32. The van der Waals surface area contributed by atoms with Gasteiger partial charge in [0.2, 0.25) is 0 Å². The molecule has 2 saturated carbocycles. The highest BCUT2D eigenvalue weighted by molar-refractivity contribution is 6.00. The SMILES string of the molecule is CNc1cc(Nc2cccn(C3CCC(OC)CC3)c2=O)nc2c(C(=O)N[C@H]3CC[C@@H]3O)cnn12. The molecule has 3 aromatic heterocycles. The lowest BCUT2D eigenvalue weighted by Crippen LogP contribution is -2.50. The normalized spacial score (nSPS) is 24.1. The number of methoxy groups -OCH3 is 1. The maximum Gasteiger partial charge on any atom is 0.274 e. The number of pyridine rings is 1. The molecule has 5 rings (SSSR count). The molecule has 1 amide bonds. The standard InChI is InChI=1S/C24H31N7O4/c1-25-21-12-20(29-22-16(13-26-31(21)22)23(33)28-17-9-10-19(17)32)27-18-4-3-11-30(24(18)34)14-5-7-15(35-2)8-6-14/h3-4,11-15,17,19,25,32H,5-10H2,1-2H3,(H,27,29)(H,28,33)/t14?,15?,17-,19-/m0/s1. The molecule has 0 bridgehead atoms. The number of nitrogens with zero attached hydrogens (tertiary/aromatic N) is 4. The van der Waals surface area contributed by atoms with Crippen LogP contribution in [0.2, 0.25) is 0 Å². The predicted molar refractivity (Wildman–Crippen MR) is 131 cm³/mol. The van der Waals surface area contributed by atoms with Gasteiger partial charge in [-0.2, -0.15) is 9.61 Å². The fourth-order valence-corrected chi connectivity index (χ4v) is 4.85. The first-order valence-corrected chi connectivity index (χ1v) is 12.0. The second-order valence-electron chi connectivity index (χ2n) is 9.22. The van der Waals surface area contributed by atoms with Crippen LogP contribution in [0.5, 0.6) is 0 Å². The Morgan fingerprint density at radius 1 is 1.20 bits per heavy atom. The van der Waals surface area contributed by atoms with Gasteiger partial charge in [-0.1, -0.05) is 0 Å². The number of nitrogens with one attached hydrogen (secondary N) is 3. The number of fused-ring (bicyclic) bond motifs is 1. The molecule has 2 atom stereocenters. The Labute approximate surface area is 202 Å². The number of hydrogen-bond acceptors (Lipinski definition) is 8. The van der Waals surface area contributed by atoms with Gasteiger partial charge in [0.25, 0.3) is 11.5 Å². The molecule has 0 spiro atoms. The smallest absolute Gasteiger partial charge is 0.274 e. The van der Waals surface area contributed by atoms with Gasteiger partial charge in [-0.15, -0.1) is 0 Å². The summed E-state index contributed by atoms with van der Waals surface area (Å²) < 4.78 is 8.78. The molecule has 2 aliphatic carbocycles. The van der Waals surface area contributed by atoms with Crippen molar-refractivity contribution in [1.82, 2.24) is 24.5 Å². The van der Waals surface area contributed by atoms with Crippen LogP contribution in [0.1, 0.15) is 54.9 Å². The molecule has 0 aliphatic heterocycles. The van der Waals surface area contributed by atoms with E-state index in [0.717, 1.165) is 32.1 Å². The predicted octanol–water partition coefficient (Wildman–Crippen LogP) is 2.06. The average Bonchev–Trinajstić information content (AvgIpc) is 3.31. The van der Waals surface area contributed by atoms with E-state index in [0.29, 0.717) is 35.0 Å². The Bertz CT molecular complexity index is 1280. The Kier molecular flexibility index (Phi) is 6.44. The molecule has 2 fully saturated rings. The third-order valence-electron chi connectivity index (χ3n) is 7.13. The van der Waals surface area contributed by atoms with Gasteiger partial charge in [0.1, 0.15) is 22.9 Å². The van der Waals surface area contributed by atoms with Crippen LogP contribution >= 0.6 is 0 Å². The Morgan fingerprint density at radius 2 is 2.00 bits per heavy atom. The quantitative estimate of drug-likeness (QED) is 0.403. The van der Waals surface area contributed by atoms with Crippen molar-refractivity contribution < 1.29 is 14.6 Å². The molecule has 3 heterocycles. The number of carbonyl (C=O) groups excluding carboxylic acids is 1. The summed E-state index contributed by atoms with van der Waals surface area (Å²) in [7, 11) is 3.48. The number of aliphatic hydroxyl groups is 1. The van der Waals surface area contributed by atoms with Crippen LogP contribution in [-0.2, 0) is 4.74 Å². The molecule has 11 heteroatoms. The first kappa shape index (κ1) is 23.3. The van der Waals surface area contributed by atoms with Crippen molar-refractivity contribution in [3.63, 3.8) is 0 Å². The summed E-state index contributed by atoms with van der Waals surface area (Å²) in [5.74, 6) is 0.677. The van der Waals surface area contributed by atoms with E-state index in [1.54, 1.807) is 30.9 Å². The van der Waals surface area contributed by atoms with Crippen molar-refractivity contribution in [2.24, 2.45) is 0 Å². The van der Waals surface area contributed by atoms with Crippen molar-refractivity contribution in [3.05, 3.63) is 46.5 Å². The first-order valence-electron chi connectivity index (χ1n) is 12.0. The van der Waals surface area contributed by atoms with Crippen LogP contribution < -0.4 is 21.5 Å². The minimum atomic E-state index is -0.524. The zero-order chi connectivity index (χ0) is 24.5. The highest BCUT2D eigenvalue weighted by Crippen LogP contribution is 2.29. The largest absolute Gasteiger partial charge is 0.391 e. The summed E-state index contributed by atoms with van der Waals surface area (Å²) in [5.41, 5.74) is 0.930. The maximum atomic E-state index is 13.3. The Morgan fingerprint density at radius 3 is 2.66 bits per heavy atom. The average molecular weight is 482 g/mol. The fraction of sp³-hybridized carbons (Fsp3) is 0.500. The molecule has 0 saturated heterocycles. The van der Waals surface area contributed by atoms with Gasteiger partial charge in [-0.05, 0) is 50.7 Å². The molecule has 35 heavy (non-hydrogen) atoms.